The van der Waals surface area contributed by atoms with Gasteiger partial charge >= 0.3 is 5.97 Å². The van der Waals surface area contributed by atoms with Crippen LogP contribution in [0.5, 0.6) is 5.88 Å². The molecule has 0 bridgehead atoms. The lowest BCUT2D eigenvalue weighted by Crippen LogP contribution is -2.09. The highest BCUT2D eigenvalue weighted by molar-refractivity contribution is 9.10. The highest BCUT2D eigenvalue weighted by Crippen LogP contribution is 2.37. The first-order chi connectivity index (χ1) is 14.9. The first kappa shape index (κ1) is 20.9. The third-order valence-corrected chi connectivity index (χ3v) is 5.73. The van der Waals surface area contributed by atoms with E-state index in [1.165, 1.54) is 6.08 Å². The maximum atomic E-state index is 12.8. The number of hydrogen-bond donors (Lipinski definition) is 1. The number of ether oxygens (including phenoxy) is 1. The van der Waals surface area contributed by atoms with Crippen LogP contribution in [0.15, 0.2) is 59.1 Å². The molecule has 0 spiro atoms. The van der Waals surface area contributed by atoms with E-state index < -0.39 is 5.97 Å². The van der Waals surface area contributed by atoms with Gasteiger partial charge in [0.1, 0.15) is 0 Å². The molecule has 0 aliphatic heterocycles. The lowest BCUT2D eigenvalue weighted by Gasteiger charge is -2.13. The van der Waals surface area contributed by atoms with Crippen molar-refractivity contribution < 1.29 is 19.4 Å². The molecule has 0 amide bonds. The summed E-state index contributed by atoms with van der Waals surface area (Å²) in [6.45, 7) is 3.66. The molecule has 0 atom stereocenters. The molecule has 1 aliphatic carbocycles. The number of esters is 1. The lowest BCUT2D eigenvalue weighted by atomic mass is 9.90. The largest absolute Gasteiger partial charge is 0.494 e. The number of allylic oxidation sites excluding steroid dienone is 2. The molecule has 0 unspecified atom stereocenters. The van der Waals surface area contributed by atoms with Crippen molar-refractivity contribution >= 4 is 45.4 Å². The van der Waals surface area contributed by atoms with Crippen LogP contribution in [-0.4, -0.2) is 28.0 Å². The fourth-order valence-electron chi connectivity index (χ4n) is 3.77. The van der Waals surface area contributed by atoms with Gasteiger partial charge in [0.15, 0.2) is 5.78 Å². The van der Waals surface area contributed by atoms with E-state index in [4.69, 9.17) is 4.74 Å². The molecule has 0 radical (unpaired) electrons. The molecule has 1 aliphatic rings. The standard InChI is InChI=1S/C25H20BrNO4/c1-3-31-25(30)23-15(2)27(18-11-9-17(26)10-12-18)24(29)21(23)14-20-19-7-5-4-6-16(19)8-13-22(20)28/h4-14,29H,3H2,1-2H3. The van der Waals surface area contributed by atoms with Gasteiger partial charge in [-0.1, -0.05) is 46.3 Å². The number of ketones is 1. The van der Waals surface area contributed by atoms with E-state index in [0.717, 1.165) is 15.6 Å². The molecular formula is C25H20BrNO4. The summed E-state index contributed by atoms with van der Waals surface area (Å²) in [5.74, 6) is -0.873. The van der Waals surface area contributed by atoms with Gasteiger partial charge in [-0.05, 0) is 61.4 Å². The van der Waals surface area contributed by atoms with Crippen molar-refractivity contribution in [3.63, 3.8) is 0 Å². The van der Waals surface area contributed by atoms with E-state index in [-0.39, 0.29) is 29.4 Å². The number of carbonyl (C=O) groups excluding carboxylic acids is 2. The zero-order valence-electron chi connectivity index (χ0n) is 17.1. The van der Waals surface area contributed by atoms with Gasteiger partial charge in [-0.25, -0.2) is 4.79 Å². The van der Waals surface area contributed by atoms with E-state index in [9.17, 15) is 14.7 Å². The van der Waals surface area contributed by atoms with Gasteiger partial charge in [0.2, 0.25) is 5.88 Å². The average Bonchev–Trinajstić information content (AvgIpc) is 3.00. The van der Waals surface area contributed by atoms with Crippen LogP contribution < -0.4 is 0 Å². The van der Waals surface area contributed by atoms with E-state index in [0.29, 0.717) is 17.0 Å². The second-order valence-electron chi connectivity index (χ2n) is 7.07. The first-order valence-electron chi connectivity index (χ1n) is 9.83. The van der Waals surface area contributed by atoms with Crippen molar-refractivity contribution in [3.05, 3.63) is 87.0 Å². The Morgan fingerprint density at radius 1 is 1.13 bits per heavy atom. The van der Waals surface area contributed by atoms with Crippen LogP contribution in [0.4, 0.5) is 0 Å². The third kappa shape index (κ3) is 3.75. The summed E-state index contributed by atoms with van der Waals surface area (Å²) >= 11 is 3.41. The third-order valence-electron chi connectivity index (χ3n) is 5.20. The summed E-state index contributed by atoms with van der Waals surface area (Å²) in [6, 6.07) is 14.9. The molecule has 4 rings (SSSR count). The van der Waals surface area contributed by atoms with Crippen molar-refractivity contribution in [1.29, 1.82) is 0 Å². The molecule has 31 heavy (non-hydrogen) atoms. The molecule has 0 fully saturated rings. The highest BCUT2D eigenvalue weighted by atomic mass is 79.9. The molecule has 156 valence electrons. The molecule has 3 aromatic rings. The van der Waals surface area contributed by atoms with Gasteiger partial charge in [-0.15, -0.1) is 0 Å². The summed E-state index contributed by atoms with van der Waals surface area (Å²) < 4.78 is 7.74. The minimum absolute atomic E-state index is 0.129. The Morgan fingerprint density at radius 2 is 1.84 bits per heavy atom. The van der Waals surface area contributed by atoms with Crippen molar-refractivity contribution in [2.75, 3.05) is 6.61 Å². The minimum atomic E-state index is -0.551. The second kappa shape index (κ2) is 8.40. The fourth-order valence-corrected chi connectivity index (χ4v) is 4.03. The maximum absolute atomic E-state index is 12.8. The van der Waals surface area contributed by atoms with Crippen molar-refractivity contribution in [1.82, 2.24) is 4.57 Å². The summed E-state index contributed by atoms with van der Waals surface area (Å²) in [7, 11) is 0. The van der Waals surface area contributed by atoms with Gasteiger partial charge < -0.3 is 9.84 Å². The summed E-state index contributed by atoms with van der Waals surface area (Å²) in [5.41, 5.74) is 3.75. The molecule has 2 aromatic carbocycles. The molecular weight excluding hydrogens is 458 g/mol. The predicted molar refractivity (Wildman–Crippen MR) is 124 cm³/mol. The SMILES string of the molecule is CCOC(=O)c1c(C=C2C(=O)C=Cc3ccccc32)c(O)n(-c2ccc(Br)cc2)c1C. The zero-order valence-corrected chi connectivity index (χ0v) is 18.6. The monoisotopic (exact) mass is 477 g/mol. The second-order valence-corrected chi connectivity index (χ2v) is 7.99. The summed E-state index contributed by atoms with van der Waals surface area (Å²) in [5, 5.41) is 11.2. The van der Waals surface area contributed by atoms with Crippen LogP contribution >= 0.6 is 15.9 Å². The maximum Gasteiger partial charge on any atom is 0.340 e. The molecule has 1 N–H and O–H groups in total. The normalized spacial score (nSPS) is 14.0. The Morgan fingerprint density at radius 3 is 2.55 bits per heavy atom. The number of aromatic hydroxyl groups is 1. The van der Waals surface area contributed by atoms with E-state index in [1.54, 1.807) is 30.6 Å². The number of hydrogen-bond acceptors (Lipinski definition) is 4. The van der Waals surface area contributed by atoms with Gasteiger partial charge in [-0.2, -0.15) is 0 Å². The number of fused-ring (bicyclic) bond motifs is 1. The highest BCUT2D eigenvalue weighted by Gasteiger charge is 2.27. The molecule has 1 heterocycles. The number of rotatable bonds is 4. The molecule has 5 nitrogen and oxygen atoms in total. The number of aromatic nitrogens is 1. The quantitative estimate of drug-likeness (QED) is 0.394. The van der Waals surface area contributed by atoms with E-state index in [1.807, 2.05) is 48.5 Å². The first-order valence-corrected chi connectivity index (χ1v) is 10.6. The van der Waals surface area contributed by atoms with Crippen molar-refractivity contribution in [3.8, 4) is 11.6 Å². The number of halogens is 1. The Kier molecular flexibility index (Phi) is 5.65. The van der Waals surface area contributed by atoms with Crippen LogP contribution in [0.3, 0.4) is 0 Å². The average molecular weight is 478 g/mol. The number of benzene rings is 2. The number of nitrogens with zero attached hydrogens (tertiary/aromatic N) is 1. The summed E-state index contributed by atoms with van der Waals surface area (Å²) in [4.78, 5) is 25.5. The van der Waals surface area contributed by atoms with Gasteiger partial charge in [0.25, 0.3) is 0 Å². The van der Waals surface area contributed by atoms with Crippen LogP contribution in [0.2, 0.25) is 0 Å². The fraction of sp³-hybridized carbons (Fsp3) is 0.120. The Balaban J connectivity index is 1.97. The lowest BCUT2D eigenvalue weighted by molar-refractivity contribution is -0.109. The smallest absolute Gasteiger partial charge is 0.340 e. The molecule has 6 heteroatoms. The van der Waals surface area contributed by atoms with Gasteiger partial charge in [-0.3, -0.25) is 9.36 Å². The van der Waals surface area contributed by atoms with Crippen molar-refractivity contribution in [2.24, 2.45) is 0 Å². The van der Waals surface area contributed by atoms with Gasteiger partial charge in [0, 0.05) is 21.4 Å². The van der Waals surface area contributed by atoms with Crippen LogP contribution in [0.1, 0.15) is 39.7 Å². The minimum Gasteiger partial charge on any atom is -0.494 e. The Labute approximate surface area is 188 Å². The van der Waals surface area contributed by atoms with Crippen LogP contribution in [0.25, 0.3) is 23.4 Å². The topological polar surface area (TPSA) is 68.5 Å². The summed E-state index contributed by atoms with van der Waals surface area (Å²) in [6.07, 6.45) is 4.84. The van der Waals surface area contributed by atoms with E-state index in [2.05, 4.69) is 15.9 Å². The molecule has 0 saturated carbocycles. The molecule has 0 saturated heterocycles. The molecule has 1 aromatic heterocycles. The Hall–Kier alpha value is -3.38. The number of carbonyl (C=O) groups is 2. The van der Waals surface area contributed by atoms with Crippen LogP contribution in [0, 0.1) is 6.92 Å². The van der Waals surface area contributed by atoms with E-state index >= 15 is 0 Å². The van der Waals surface area contributed by atoms with Gasteiger partial charge in [0.05, 0.1) is 17.7 Å². The Bertz CT molecular complexity index is 1250. The van der Waals surface area contributed by atoms with Crippen molar-refractivity contribution in [2.45, 2.75) is 13.8 Å². The van der Waals surface area contributed by atoms with Crippen LogP contribution in [-0.2, 0) is 9.53 Å². The zero-order chi connectivity index (χ0) is 22.1. The predicted octanol–water partition coefficient (Wildman–Crippen LogP) is 5.57.